The van der Waals surface area contributed by atoms with Crippen molar-refractivity contribution in [2.24, 2.45) is 5.41 Å². The van der Waals surface area contributed by atoms with Crippen LogP contribution in [0.4, 0.5) is 0 Å². The van der Waals surface area contributed by atoms with Gasteiger partial charge in [-0.1, -0.05) is 41.5 Å². The quantitative estimate of drug-likeness (QED) is 0.838. The predicted octanol–water partition coefficient (Wildman–Crippen LogP) is 3.50. The Hall–Kier alpha value is -0.0200. The van der Waals surface area contributed by atoms with Crippen molar-refractivity contribution in [3.8, 4) is 0 Å². The summed E-state index contributed by atoms with van der Waals surface area (Å²) in [6.07, 6.45) is 0. The van der Waals surface area contributed by atoms with Crippen molar-refractivity contribution in [2.45, 2.75) is 70.9 Å². The van der Waals surface area contributed by atoms with Gasteiger partial charge in [0.25, 0.3) is 0 Å². The van der Waals surface area contributed by atoms with Gasteiger partial charge in [0.2, 0.25) is 0 Å². The van der Waals surface area contributed by atoms with Gasteiger partial charge in [-0.05, 0) is 20.9 Å². The molecule has 0 saturated carbocycles. The van der Waals surface area contributed by atoms with Crippen molar-refractivity contribution < 1.29 is 4.79 Å². The van der Waals surface area contributed by atoms with Crippen LogP contribution in [0.5, 0.6) is 0 Å². The molecule has 0 amide bonds. The minimum Gasteiger partial charge on any atom is -0.309 e. The summed E-state index contributed by atoms with van der Waals surface area (Å²) in [5.74, 6) is 0.279. The van der Waals surface area contributed by atoms with E-state index in [2.05, 4.69) is 39.9 Å². The summed E-state index contributed by atoms with van der Waals surface area (Å²) in [6, 6.07) is -0.119. The molecule has 1 unspecified atom stereocenters. The lowest BCUT2D eigenvalue weighted by Gasteiger charge is -2.40. The summed E-state index contributed by atoms with van der Waals surface area (Å²) in [5, 5.41) is 3.20. The molecule has 0 spiro atoms. The van der Waals surface area contributed by atoms with Crippen LogP contribution >= 0.6 is 11.8 Å². The number of likely N-dealkylation sites (N-methyl/N-ethyl adjacent to an activating group) is 1. The average Bonchev–Trinajstić information content (AvgIpc) is 1.97. The highest BCUT2D eigenvalue weighted by Gasteiger charge is 2.41. The van der Waals surface area contributed by atoms with E-state index in [0.717, 1.165) is 0 Å². The first-order valence-electron chi connectivity index (χ1n) is 6.23. The molecule has 1 atom stereocenters. The number of rotatable bonds is 4. The molecule has 0 aromatic carbocycles. The fraction of sp³-hybridized carbons (Fsp3) is 0.929. The van der Waals surface area contributed by atoms with E-state index in [0.29, 0.717) is 0 Å². The molecule has 0 heterocycles. The van der Waals surface area contributed by atoms with E-state index >= 15 is 0 Å². The fourth-order valence-corrected chi connectivity index (χ4v) is 4.00. The topological polar surface area (TPSA) is 29.1 Å². The standard InChI is InChI=1S/C14H29NOS/c1-12(2,3)11(16)10(15-9)14(7,8)17-13(4,5)6/h10,15H,1-9H3. The third-order valence-electron chi connectivity index (χ3n) is 2.55. The van der Waals surface area contributed by atoms with Gasteiger partial charge in [0.1, 0.15) is 0 Å². The molecule has 0 aliphatic heterocycles. The second-order valence-corrected chi connectivity index (χ2v) is 9.63. The van der Waals surface area contributed by atoms with E-state index in [4.69, 9.17) is 0 Å². The number of hydrogen-bond acceptors (Lipinski definition) is 3. The van der Waals surface area contributed by atoms with Crippen LogP contribution in [0.3, 0.4) is 0 Å². The number of carbonyl (C=O) groups is 1. The molecule has 0 rings (SSSR count). The zero-order valence-corrected chi connectivity index (χ0v) is 13.7. The van der Waals surface area contributed by atoms with E-state index in [1.54, 1.807) is 0 Å². The summed E-state index contributed by atoms with van der Waals surface area (Å²) >= 11 is 1.85. The van der Waals surface area contributed by atoms with Crippen molar-refractivity contribution in [1.82, 2.24) is 5.32 Å². The molecule has 0 aromatic rings. The molecule has 0 aliphatic carbocycles. The van der Waals surface area contributed by atoms with E-state index in [1.165, 1.54) is 0 Å². The highest BCUT2D eigenvalue weighted by molar-refractivity contribution is 8.02. The van der Waals surface area contributed by atoms with Gasteiger partial charge in [0, 0.05) is 14.9 Å². The van der Waals surface area contributed by atoms with Crippen LogP contribution < -0.4 is 5.32 Å². The van der Waals surface area contributed by atoms with Crippen molar-refractivity contribution >= 4 is 17.5 Å². The summed E-state index contributed by atoms with van der Waals surface area (Å²) in [4.78, 5) is 12.5. The predicted molar refractivity (Wildman–Crippen MR) is 78.7 cm³/mol. The maximum absolute atomic E-state index is 12.5. The van der Waals surface area contributed by atoms with E-state index in [-0.39, 0.29) is 26.7 Å². The van der Waals surface area contributed by atoms with Crippen molar-refractivity contribution in [1.29, 1.82) is 0 Å². The Balaban J connectivity index is 5.06. The van der Waals surface area contributed by atoms with Gasteiger partial charge in [-0.2, -0.15) is 0 Å². The van der Waals surface area contributed by atoms with Crippen molar-refractivity contribution in [3.05, 3.63) is 0 Å². The van der Waals surface area contributed by atoms with Gasteiger partial charge in [-0.25, -0.2) is 0 Å². The fourth-order valence-electron chi connectivity index (χ4n) is 2.08. The number of hydrogen-bond donors (Lipinski definition) is 1. The van der Waals surface area contributed by atoms with E-state index in [1.807, 2.05) is 39.6 Å². The number of Topliss-reactive ketones (excluding diaryl/α,β-unsaturated/α-hetero) is 1. The molecular weight excluding hydrogens is 230 g/mol. The lowest BCUT2D eigenvalue weighted by atomic mass is 9.82. The number of nitrogens with one attached hydrogen (secondary N) is 1. The molecule has 0 saturated heterocycles. The largest absolute Gasteiger partial charge is 0.309 e. The highest BCUT2D eigenvalue weighted by atomic mass is 32.2. The molecule has 17 heavy (non-hydrogen) atoms. The maximum atomic E-state index is 12.5. The first-order chi connectivity index (χ1) is 7.31. The normalized spacial score (nSPS) is 15.8. The van der Waals surface area contributed by atoms with Crippen LogP contribution in [0.1, 0.15) is 55.4 Å². The Labute approximate surface area is 111 Å². The van der Waals surface area contributed by atoms with Crippen molar-refractivity contribution in [2.75, 3.05) is 7.05 Å². The van der Waals surface area contributed by atoms with Crippen LogP contribution in [-0.2, 0) is 4.79 Å². The third-order valence-corrected chi connectivity index (χ3v) is 3.93. The zero-order valence-electron chi connectivity index (χ0n) is 12.9. The Morgan fingerprint density at radius 3 is 1.65 bits per heavy atom. The molecule has 102 valence electrons. The maximum Gasteiger partial charge on any atom is 0.156 e. The van der Waals surface area contributed by atoms with Gasteiger partial charge < -0.3 is 5.32 Å². The summed E-state index contributed by atoms with van der Waals surface area (Å²) < 4.78 is 0.0358. The van der Waals surface area contributed by atoms with Gasteiger partial charge >= 0.3 is 0 Å². The Bertz CT molecular complexity index is 271. The van der Waals surface area contributed by atoms with Gasteiger partial charge in [-0.15, -0.1) is 11.8 Å². The molecule has 0 aromatic heterocycles. The van der Waals surface area contributed by atoms with Gasteiger partial charge in [0.05, 0.1) is 6.04 Å². The van der Waals surface area contributed by atoms with Gasteiger partial charge in [0.15, 0.2) is 5.78 Å². The molecule has 3 heteroatoms. The summed E-state index contributed by atoms with van der Waals surface area (Å²) in [6.45, 7) is 16.8. The lowest BCUT2D eigenvalue weighted by molar-refractivity contribution is -0.128. The van der Waals surface area contributed by atoms with Crippen LogP contribution in [0, 0.1) is 5.41 Å². The number of carbonyl (C=O) groups excluding carboxylic acids is 1. The zero-order chi connectivity index (χ0) is 14.1. The summed E-state index contributed by atoms with van der Waals surface area (Å²) in [7, 11) is 1.87. The highest BCUT2D eigenvalue weighted by Crippen LogP contribution is 2.40. The van der Waals surface area contributed by atoms with Crippen LogP contribution in [0.15, 0.2) is 0 Å². The monoisotopic (exact) mass is 259 g/mol. The van der Waals surface area contributed by atoms with E-state index < -0.39 is 0 Å². The third kappa shape index (κ3) is 5.43. The SMILES string of the molecule is CNC(C(=O)C(C)(C)C)C(C)(C)SC(C)(C)C. The lowest BCUT2D eigenvalue weighted by Crippen LogP contribution is -2.53. The molecule has 0 radical (unpaired) electrons. The molecule has 2 nitrogen and oxygen atoms in total. The molecule has 0 fully saturated rings. The van der Waals surface area contributed by atoms with E-state index in [9.17, 15) is 4.79 Å². The smallest absolute Gasteiger partial charge is 0.156 e. The first kappa shape index (κ1) is 17.0. The minimum absolute atomic E-state index is 0.114. The average molecular weight is 259 g/mol. The number of thioether (sulfide) groups is 1. The second-order valence-electron chi connectivity index (χ2n) is 7.15. The molecule has 1 N–H and O–H groups in total. The molecular formula is C14H29NOS. The minimum atomic E-state index is -0.302. The molecule has 0 aliphatic rings. The Morgan fingerprint density at radius 1 is 1.00 bits per heavy atom. The van der Waals surface area contributed by atoms with Gasteiger partial charge in [-0.3, -0.25) is 4.79 Å². The first-order valence-corrected chi connectivity index (χ1v) is 7.04. The second kappa shape index (κ2) is 5.31. The molecule has 0 bridgehead atoms. The van der Waals surface area contributed by atoms with Crippen LogP contribution in [0.25, 0.3) is 0 Å². The van der Waals surface area contributed by atoms with Crippen LogP contribution in [-0.4, -0.2) is 28.4 Å². The van der Waals surface area contributed by atoms with Crippen molar-refractivity contribution in [3.63, 3.8) is 0 Å². The summed E-state index contributed by atoms with van der Waals surface area (Å²) in [5.41, 5.74) is -0.302. The Morgan fingerprint density at radius 2 is 1.41 bits per heavy atom. The number of ketones is 1. The van der Waals surface area contributed by atoms with Crippen LogP contribution in [0.2, 0.25) is 0 Å². The Kier molecular flexibility index (Phi) is 5.31.